The molecule has 1 N–H and O–H groups in total. The third-order valence-corrected chi connectivity index (χ3v) is 3.68. The second-order valence-electron chi connectivity index (χ2n) is 4.88. The molecule has 2 aromatic heterocycles. The van der Waals surface area contributed by atoms with Crippen LogP contribution in [0.25, 0.3) is 11.2 Å². The number of hydrogen-bond acceptors (Lipinski definition) is 6. The van der Waals surface area contributed by atoms with Gasteiger partial charge in [0.15, 0.2) is 11.2 Å². The number of hydrogen-bond donors (Lipinski definition) is 1. The quantitative estimate of drug-likeness (QED) is 0.615. The van der Waals surface area contributed by atoms with Gasteiger partial charge in [-0.3, -0.25) is 0 Å². The van der Waals surface area contributed by atoms with Crippen LogP contribution in [0.4, 0.5) is 0 Å². The van der Waals surface area contributed by atoms with Gasteiger partial charge < -0.3 is 14.5 Å². The molecule has 1 aliphatic carbocycles. The first-order chi connectivity index (χ1) is 10.2. The molecule has 8 nitrogen and oxygen atoms in total. The van der Waals surface area contributed by atoms with Crippen molar-refractivity contribution in [3.05, 3.63) is 30.3 Å². The first kappa shape index (κ1) is 13.3. The third kappa shape index (κ3) is 2.08. The van der Waals surface area contributed by atoms with Gasteiger partial charge in [0.05, 0.1) is 12.4 Å². The Kier molecular flexibility index (Phi) is 3.19. The van der Waals surface area contributed by atoms with Crippen molar-refractivity contribution in [1.82, 2.24) is 19.3 Å². The normalized spacial score (nSPS) is 22.7. The fourth-order valence-corrected chi connectivity index (χ4v) is 2.62. The maximum atomic E-state index is 9.82. The first-order valence-corrected chi connectivity index (χ1v) is 6.43. The van der Waals surface area contributed by atoms with E-state index in [2.05, 4.69) is 21.5 Å². The second-order valence-corrected chi connectivity index (χ2v) is 4.88. The molecule has 8 heteroatoms. The summed E-state index contributed by atoms with van der Waals surface area (Å²) in [6, 6.07) is 0.0540. The van der Waals surface area contributed by atoms with Crippen molar-refractivity contribution in [2.75, 3.05) is 7.11 Å². The van der Waals surface area contributed by atoms with Crippen LogP contribution in [0.1, 0.15) is 18.9 Å². The summed E-state index contributed by atoms with van der Waals surface area (Å²) in [5.41, 5.74) is 2.19. The molecule has 1 saturated carbocycles. The van der Waals surface area contributed by atoms with Crippen molar-refractivity contribution in [2.45, 2.75) is 25.0 Å². The van der Waals surface area contributed by atoms with Gasteiger partial charge in [0.1, 0.15) is 13.4 Å². The molecule has 0 spiro atoms. The Morgan fingerprint density at radius 1 is 1.52 bits per heavy atom. The van der Waals surface area contributed by atoms with E-state index in [-0.39, 0.29) is 6.04 Å². The molecule has 0 bridgehead atoms. The van der Waals surface area contributed by atoms with Crippen molar-refractivity contribution in [3.63, 3.8) is 0 Å². The second kappa shape index (κ2) is 5.03. The SMILES string of the molecule is C=C1C[C@@H](n2cnc3c(=NC#N)n(OC)cnc32)C[C@@H]1O. The highest BCUT2D eigenvalue weighted by Crippen LogP contribution is 2.34. The maximum absolute atomic E-state index is 9.82. The Labute approximate surface area is 120 Å². The van der Waals surface area contributed by atoms with Gasteiger partial charge in [-0.1, -0.05) is 6.58 Å². The molecule has 0 aromatic carbocycles. The van der Waals surface area contributed by atoms with Crippen LogP contribution >= 0.6 is 0 Å². The monoisotopic (exact) mass is 286 g/mol. The van der Waals surface area contributed by atoms with Crippen molar-refractivity contribution >= 4 is 11.2 Å². The van der Waals surface area contributed by atoms with Crippen LogP contribution in [0.15, 0.2) is 29.8 Å². The van der Waals surface area contributed by atoms with E-state index in [4.69, 9.17) is 10.1 Å². The Bertz CT molecular complexity index is 812. The summed E-state index contributed by atoms with van der Waals surface area (Å²) < 4.78 is 3.17. The van der Waals surface area contributed by atoms with Gasteiger partial charge in [0, 0.05) is 6.04 Å². The molecule has 1 fully saturated rings. The van der Waals surface area contributed by atoms with Gasteiger partial charge in [-0.25, -0.2) is 9.97 Å². The number of rotatable bonds is 2. The molecule has 2 heterocycles. The molecule has 1 aliphatic rings. The summed E-state index contributed by atoms with van der Waals surface area (Å²) in [4.78, 5) is 17.4. The van der Waals surface area contributed by atoms with Gasteiger partial charge in [-0.05, 0) is 18.4 Å². The van der Waals surface area contributed by atoms with E-state index in [9.17, 15) is 5.11 Å². The fraction of sp³-hybridized carbons (Fsp3) is 0.385. The van der Waals surface area contributed by atoms with Crippen LogP contribution in [0.2, 0.25) is 0 Å². The maximum Gasteiger partial charge on any atom is 0.211 e. The lowest BCUT2D eigenvalue weighted by molar-refractivity contribution is 0.153. The highest BCUT2D eigenvalue weighted by atomic mass is 16.6. The minimum absolute atomic E-state index is 0.0540. The molecule has 3 rings (SSSR count). The van der Waals surface area contributed by atoms with Crippen molar-refractivity contribution in [3.8, 4) is 6.19 Å². The number of aromatic nitrogens is 4. The largest absolute Gasteiger partial charge is 0.414 e. The standard InChI is InChI=1S/C13H14N6O2/c1-8-3-9(4-10(8)20)18-6-16-11-12(18)17-7-19(21-2)13(11)15-5-14/h6-7,9-10,20H,1,3-4H2,2H3/t9-,10+/m1/s1. The van der Waals surface area contributed by atoms with Crippen LogP contribution in [0, 0.1) is 11.5 Å². The fourth-order valence-electron chi connectivity index (χ4n) is 2.62. The lowest BCUT2D eigenvalue weighted by Gasteiger charge is -2.11. The summed E-state index contributed by atoms with van der Waals surface area (Å²) in [7, 11) is 1.46. The molecule has 0 saturated heterocycles. The molecule has 0 unspecified atom stereocenters. The summed E-state index contributed by atoms with van der Waals surface area (Å²) in [6.45, 7) is 3.86. The predicted molar refractivity (Wildman–Crippen MR) is 72.6 cm³/mol. The Morgan fingerprint density at radius 3 is 2.95 bits per heavy atom. The summed E-state index contributed by atoms with van der Waals surface area (Å²) in [5.74, 6) is 0. The zero-order valence-corrected chi connectivity index (χ0v) is 11.5. The van der Waals surface area contributed by atoms with Crippen LogP contribution in [0.3, 0.4) is 0 Å². The lowest BCUT2D eigenvalue weighted by atomic mass is 10.2. The van der Waals surface area contributed by atoms with E-state index < -0.39 is 6.10 Å². The predicted octanol–water partition coefficient (Wildman–Crippen LogP) is -0.0750. The molecule has 2 aromatic rings. The van der Waals surface area contributed by atoms with Gasteiger partial charge in [-0.15, -0.1) is 4.99 Å². The topological polar surface area (TPSA) is 101 Å². The van der Waals surface area contributed by atoms with Crippen molar-refractivity contribution in [1.29, 1.82) is 5.26 Å². The molecular weight excluding hydrogens is 272 g/mol. The minimum atomic E-state index is -0.497. The third-order valence-electron chi connectivity index (χ3n) is 3.68. The smallest absolute Gasteiger partial charge is 0.211 e. The van der Waals surface area contributed by atoms with Crippen LogP contribution in [-0.2, 0) is 0 Å². The van der Waals surface area contributed by atoms with E-state index in [1.165, 1.54) is 18.2 Å². The number of aliphatic hydroxyl groups is 1. The number of nitriles is 1. The van der Waals surface area contributed by atoms with E-state index >= 15 is 0 Å². The van der Waals surface area contributed by atoms with Crippen LogP contribution in [-0.4, -0.2) is 37.6 Å². The summed E-state index contributed by atoms with van der Waals surface area (Å²) in [6.07, 6.45) is 5.58. The summed E-state index contributed by atoms with van der Waals surface area (Å²) in [5, 5.41) is 18.6. The number of fused-ring (bicyclic) bond motifs is 1. The van der Waals surface area contributed by atoms with Gasteiger partial charge in [-0.2, -0.15) is 9.99 Å². The van der Waals surface area contributed by atoms with Crippen LogP contribution in [0.5, 0.6) is 0 Å². The minimum Gasteiger partial charge on any atom is -0.414 e. The molecule has 0 radical (unpaired) electrons. The number of aliphatic hydroxyl groups excluding tert-OH is 1. The number of imidazole rings is 1. The zero-order chi connectivity index (χ0) is 15.0. The molecular formula is C13H14N6O2. The van der Waals surface area contributed by atoms with Crippen molar-refractivity contribution in [2.24, 2.45) is 4.99 Å². The lowest BCUT2D eigenvalue weighted by Crippen LogP contribution is -2.26. The average Bonchev–Trinajstić information content (AvgIpc) is 3.04. The van der Waals surface area contributed by atoms with E-state index in [1.807, 2.05) is 4.57 Å². The van der Waals surface area contributed by atoms with Gasteiger partial charge >= 0.3 is 0 Å². The van der Waals surface area contributed by atoms with Gasteiger partial charge in [0.25, 0.3) is 0 Å². The molecule has 2 atom stereocenters. The van der Waals surface area contributed by atoms with E-state index in [0.717, 1.165) is 5.57 Å². The number of nitrogens with zero attached hydrogens (tertiary/aromatic N) is 6. The van der Waals surface area contributed by atoms with Gasteiger partial charge in [0.2, 0.25) is 11.7 Å². The highest BCUT2D eigenvalue weighted by Gasteiger charge is 2.29. The Morgan fingerprint density at radius 2 is 2.33 bits per heavy atom. The Hall–Kier alpha value is -2.66. The van der Waals surface area contributed by atoms with Crippen LogP contribution < -0.4 is 10.3 Å². The molecule has 0 aliphatic heterocycles. The Balaban J connectivity index is 2.17. The average molecular weight is 286 g/mol. The van der Waals surface area contributed by atoms with E-state index in [1.54, 1.807) is 12.5 Å². The van der Waals surface area contributed by atoms with E-state index in [0.29, 0.717) is 29.5 Å². The van der Waals surface area contributed by atoms with Crippen molar-refractivity contribution < 1.29 is 9.94 Å². The molecule has 108 valence electrons. The molecule has 0 amide bonds. The zero-order valence-electron chi connectivity index (χ0n) is 11.5. The molecule has 21 heavy (non-hydrogen) atoms. The first-order valence-electron chi connectivity index (χ1n) is 6.43. The summed E-state index contributed by atoms with van der Waals surface area (Å²) >= 11 is 0. The highest BCUT2D eigenvalue weighted by molar-refractivity contribution is 5.69.